The van der Waals surface area contributed by atoms with E-state index >= 15 is 0 Å². The van der Waals surface area contributed by atoms with Crippen molar-refractivity contribution in [1.29, 1.82) is 0 Å². The van der Waals surface area contributed by atoms with E-state index in [9.17, 15) is 13.6 Å². The van der Waals surface area contributed by atoms with Gasteiger partial charge >= 0.3 is 0 Å². The predicted octanol–water partition coefficient (Wildman–Crippen LogP) is 1.74. The van der Waals surface area contributed by atoms with Crippen LogP contribution in [0.5, 0.6) is 0 Å². The Balaban J connectivity index is 2.40. The molecule has 0 fully saturated rings. The van der Waals surface area contributed by atoms with Crippen LogP contribution in [0.25, 0.3) is 0 Å². The number of carbonyl (C=O) groups excluding carboxylic acids is 1. The minimum absolute atomic E-state index is 0.0970. The second-order valence-corrected chi connectivity index (χ2v) is 3.50. The van der Waals surface area contributed by atoms with Gasteiger partial charge in [0.25, 0.3) is 0 Å². The first-order valence-corrected chi connectivity index (χ1v) is 5.16. The van der Waals surface area contributed by atoms with Gasteiger partial charge in [-0.2, -0.15) is 0 Å². The molecule has 0 saturated heterocycles. The Morgan fingerprint density at radius 2 is 2.06 bits per heavy atom. The third-order valence-electron chi connectivity index (χ3n) is 2.10. The molecule has 0 radical (unpaired) electrons. The summed E-state index contributed by atoms with van der Waals surface area (Å²) < 4.78 is 35.5. The Morgan fingerprint density at radius 1 is 1.29 bits per heavy atom. The van der Waals surface area contributed by atoms with Crippen LogP contribution in [0.15, 0.2) is 18.2 Å². The largest absolute Gasteiger partial charge is 0.382 e. The van der Waals surface area contributed by atoms with Crippen molar-refractivity contribution in [2.45, 2.75) is 6.42 Å². The topological polar surface area (TPSA) is 35.5 Å². The number of ketones is 1. The zero-order valence-corrected chi connectivity index (χ0v) is 9.54. The van der Waals surface area contributed by atoms with Gasteiger partial charge < -0.3 is 9.47 Å². The van der Waals surface area contributed by atoms with Crippen molar-refractivity contribution in [2.24, 2.45) is 0 Å². The van der Waals surface area contributed by atoms with Gasteiger partial charge in [0.2, 0.25) is 0 Å². The first kappa shape index (κ1) is 13.7. The van der Waals surface area contributed by atoms with Gasteiger partial charge in [-0.15, -0.1) is 0 Å². The number of halogens is 2. The van der Waals surface area contributed by atoms with Gasteiger partial charge in [-0.05, 0) is 11.6 Å². The molecule has 0 N–H and O–H groups in total. The van der Waals surface area contributed by atoms with Gasteiger partial charge in [-0.25, -0.2) is 8.78 Å². The maximum atomic E-state index is 13.2. The Bertz CT molecular complexity index is 380. The standard InChI is InChI=1S/C12H14F2O3/c1-16-4-5-17-8-11(15)6-9-2-3-10(13)7-12(9)14/h2-3,7H,4-6,8H2,1H3. The molecule has 0 heterocycles. The van der Waals surface area contributed by atoms with E-state index in [0.717, 1.165) is 12.1 Å². The van der Waals surface area contributed by atoms with Crippen molar-refractivity contribution in [3.63, 3.8) is 0 Å². The van der Waals surface area contributed by atoms with Crippen molar-refractivity contribution in [2.75, 3.05) is 26.9 Å². The van der Waals surface area contributed by atoms with Crippen molar-refractivity contribution < 1.29 is 23.0 Å². The molecule has 5 heteroatoms. The number of carbonyl (C=O) groups is 1. The summed E-state index contributed by atoms with van der Waals surface area (Å²) in [4.78, 5) is 11.4. The molecule has 0 aliphatic rings. The van der Waals surface area contributed by atoms with Gasteiger partial charge in [-0.3, -0.25) is 4.79 Å². The molecular formula is C12H14F2O3. The third-order valence-corrected chi connectivity index (χ3v) is 2.10. The lowest BCUT2D eigenvalue weighted by Gasteiger charge is -2.04. The van der Waals surface area contributed by atoms with E-state index in [1.165, 1.54) is 13.2 Å². The van der Waals surface area contributed by atoms with E-state index in [4.69, 9.17) is 9.47 Å². The van der Waals surface area contributed by atoms with E-state index in [1.54, 1.807) is 0 Å². The molecular weight excluding hydrogens is 230 g/mol. The fourth-order valence-electron chi connectivity index (χ4n) is 1.26. The molecule has 0 atom stereocenters. The maximum absolute atomic E-state index is 13.2. The van der Waals surface area contributed by atoms with Crippen LogP contribution in [-0.2, 0) is 20.7 Å². The van der Waals surface area contributed by atoms with Crippen molar-refractivity contribution in [1.82, 2.24) is 0 Å². The molecule has 94 valence electrons. The normalized spacial score (nSPS) is 10.5. The highest BCUT2D eigenvalue weighted by atomic mass is 19.1. The van der Waals surface area contributed by atoms with E-state index in [2.05, 4.69) is 0 Å². The molecule has 0 aliphatic heterocycles. The van der Waals surface area contributed by atoms with Gasteiger partial charge in [0.05, 0.1) is 13.2 Å². The second-order valence-electron chi connectivity index (χ2n) is 3.50. The fourth-order valence-corrected chi connectivity index (χ4v) is 1.26. The smallest absolute Gasteiger partial charge is 0.162 e. The summed E-state index contributed by atoms with van der Waals surface area (Å²) in [6.07, 6.45) is -0.0981. The molecule has 17 heavy (non-hydrogen) atoms. The van der Waals surface area contributed by atoms with Gasteiger partial charge in [0.15, 0.2) is 5.78 Å². The SMILES string of the molecule is COCCOCC(=O)Cc1ccc(F)cc1F. The molecule has 0 aromatic heterocycles. The van der Waals surface area contributed by atoms with Crippen LogP contribution in [-0.4, -0.2) is 32.7 Å². The minimum Gasteiger partial charge on any atom is -0.382 e. The summed E-state index contributed by atoms with van der Waals surface area (Å²) in [7, 11) is 1.53. The van der Waals surface area contributed by atoms with Gasteiger partial charge in [-0.1, -0.05) is 6.07 Å². The van der Waals surface area contributed by atoms with Crippen molar-refractivity contribution in [3.8, 4) is 0 Å². The van der Waals surface area contributed by atoms with Crippen LogP contribution >= 0.6 is 0 Å². The number of rotatable bonds is 7. The van der Waals surface area contributed by atoms with Crippen LogP contribution in [0, 0.1) is 11.6 Å². The fraction of sp³-hybridized carbons (Fsp3) is 0.417. The van der Waals surface area contributed by atoms with Crippen molar-refractivity contribution >= 4 is 5.78 Å². The Kier molecular flexibility index (Phi) is 5.72. The van der Waals surface area contributed by atoms with Crippen LogP contribution in [0.2, 0.25) is 0 Å². The van der Waals surface area contributed by atoms with Crippen molar-refractivity contribution in [3.05, 3.63) is 35.4 Å². The van der Waals surface area contributed by atoms with E-state index < -0.39 is 11.6 Å². The summed E-state index contributed by atoms with van der Waals surface area (Å²) in [5.41, 5.74) is 0.173. The minimum atomic E-state index is -0.713. The monoisotopic (exact) mass is 244 g/mol. The Hall–Kier alpha value is -1.33. The average Bonchev–Trinajstić information content (AvgIpc) is 2.28. The lowest BCUT2D eigenvalue weighted by Crippen LogP contribution is -2.14. The molecule has 0 aliphatic carbocycles. The summed E-state index contributed by atoms with van der Waals surface area (Å²) in [6.45, 7) is 0.618. The molecule has 0 unspecified atom stereocenters. The van der Waals surface area contributed by atoms with Crippen LogP contribution in [0.1, 0.15) is 5.56 Å². The third kappa shape index (κ3) is 5.01. The average molecular weight is 244 g/mol. The molecule has 1 rings (SSSR count). The summed E-state index contributed by atoms with van der Waals surface area (Å²) in [5, 5.41) is 0. The van der Waals surface area contributed by atoms with E-state index in [0.29, 0.717) is 13.2 Å². The molecule has 0 amide bonds. The predicted molar refractivity (Wildman–Crippen MR) is 57.8 cm³/mol. The quantitative estimate of drug-likeness (QED) is 0.685. The first-order chi connectivity index (χ1) is 8.13. The maximum Gasteiger partial charge on any atom is 0.162 e. The molecule has 0 saturated carbocycles. The number of hydrogen-bond acceptors (Lipinski definition) is 3. The zero-order chi connectivity index (χ0) is 12.7. The zero-order valence-electron chi connectivity index (χ0n) is 9.54. The van der Waals surface area contributed by atoms with E-state index in [-0.39, 0.29) is 24.4 Å². The highest BCUT2D eigenvalue weighted by Crippen LogP contribution is 2.10. The molecule has 0 spiro atoms. The van der Waals surface area contributed by atoms with E-state index in [1.807, 2.05) is 0 Å². The number of methoxy groups -OCH3 is 1. The Morgan fingerprint density at radius 3 is 2.71 bits per heavy atom. The summed E-state index contributed by atoms with van der Waals surface area (Å²) in [6, 6.07) is 3.14. The lowest BCUT2D eigenvalue weighted by atomic mass is 10.1. The molecule has 3 nitrogen and oxygen atoms in total. The highest BCUT2D eigenvalue weighted by Gasteiger charge is 2.09. The number of ether oxygens (including phenoxy) is 2. The first-order valence-electron chi connectivity index (χ1n) is 5.16. The second kappa shape index (κ2) is 7.09. The summed E-state index contributed by atoms with van der Waals surface area (Å²) >= 11 is 0. The molecule has 1 aromatic carbocycles. The van der Waals surface area contributed by atoms with Gasteiger partial charge in [0, 0.05) is 19.6 Å². The van der Waals surface area contributed by atoms with Crippen LogP contribution in [0.3, 0.4) is 0 Å². The number of benzene rings is 1. The van der Waals surface area contributed by atoms with Gasteiger partial charge in [0.1, 0.15) is 18.2 Å². The number of hydrogen-bond donors (Lipinski definition) is 0. The molecule has 0 bridgehead atoms. The lowest BCUT2D eigenvalue weighted by molar-refractivity contribution is -0.123. The Labute approximate surface area is 98.3 Å². The van der Waals surface area contributed by atoms with Crippen LogP contribution < -0.4 is 0 Å². The number of Topliss-reactive ketones (excluding diaryl/α,β-unsaturated/α-hetero) is 1. The summed E-state index contributed by atoms with van der Waals surface area (Å²) in [5.74, 6) is -1.63. The molecule has 1 aromatic rings. The van der Waals surface area contributed by atoms with Crippen LogP contribution in [0.4, 0.5) is 8.78 Å². The highest BCUT2D eigenvalue weighted by molar-refractivity contribution is 5.82.